The highest BCUT2D eigenvalue weighted by atomic mass is 19.1. The first-order chi connectivity index (χ1) is 9.63. The van der Waals surface area contributed by atoms with E-state index in [1.165, 1.54) is 12.1 Å². The molecular weight excluding hydrogens is 255 g/mol. The highest BCUT2D eigenvalue weighted by Crippen LogP contribution is 2.21. The normalized spacial score (nSPS) is 11.9. The van der Waals surface area contributed by atoms with Gasteiger partial charge in [0.05, 0.1) is 24.3 Å². The number of nitrogens with one attached hydrogen (secondary N) is 1. The lowest BCUT2D eigenvalue weighted by molar-refractivity contribution is 0.625. The van der Waals surface area contributed by atoms with E-state index >= 15 is 0 Å². The first-order valence-corrected chi connectivity index (χ1v) is 6.57. The van der Waals surface area contributed by atoms with Crippen molar-refractivity contribution >= 4 is 5.69 Å². The molecule has 1 unspecified atom stereocenters. The standard InChI is InChI=1S/C15H17FN4/c1-3-4-20-10-18-9-15(20)14(8-17)19-13-6-11(2)5-12(16)7-13/h5-7,9-10,14,19H,3-4H2,1-2H3. The largest absolute Gasteiger partial charge is 0.365 e. The molecule has 1 N–H and O–H groups in total. The SMILES string of the molecule is CCCn1cncc1C(C#N)Nc1cc(C)cc(F)c1. The molecule has 2 rings (SSSR count). The molecule has 0 fully saturated rings. The molecule has 0 radical (unpaired) electrons. The minimum absolute atomic E-state index is 0.314. The molecule has 2 aromatic rings. The average Bonchev–Trinajstić information content (AvgIpc) is 2.83. The van der Waals surface area contributed by atoms with Crippen LogP contribution >= 0.6 is 0 Å². The smallest absolute Gasteiger partial charge is 0.156 e. The molecule has 1 aromatic heterocycles. The summed E-state index contributed by atoms with van der Waals surface area (Å²) in [6.07, 6.45) is 4.34. The molecule has 5 heteroatoms. The van der Waals surface area contributed by atoms with Crippen molar-refractivity contribution in [3.63, 3.8) is 0 Å². The van der Waals surface area contributed by atoms with E-state index in [4.69, 9.17) is 0 Å². The van der Waals surface area contributed by atoms with Gasteiger partial charge in [-0.3, -0.25) is 0 Å². The second kappa shape index (κ2) is 6.20. The summed E-state index contributed by atoms with van der Waals surface area (Å²) in [5, 5.41) is 12.4. The Morgan fingerprint density at radius 3 is 2.90 bits per heavy atom. The van der Waals surface area contributed by atoms with E-state index in [-0.39, 0.29) is 5.82 Å². The fraction of sp³-hybridized carbons (Fsp3) is 0.333. The van der Waals surface area contributed by atoms with Gasteiger partial charge in [0.2, 0.25) is 0 Å². The number of benzene rings is 1. The van der Waals surface area contributed by atoms with E-state index in [1.54, 1.807) is 12.5 Å². The van der Waals surface area contributed by atoms with E-state index in [1.807, 2.05) is 17.6 Å². The number of imidazole rings is 1. The molecule has 4 nitrogen and oxygen atoms in total. The molecule has 1 atom stereocenters. The van der Waals surface area contributed by atoms with E-state index in [9.17, 15) is 9.65 Å². The van der Waals surface area contributed by atoms with Crippen LogP contribution in [0.15, 0.2) is 30.7 Å². The molecule has 1 aromatic carbocycles. The van der Waals surface area contributed by atoms with Crippen LogP contribution in [0, 0.1) is 24.1 Å². The number of halogens is 1. The molecule has 0 saturated carbocycles. The van der Waals surface area contributed by atoms with Gasteiger partial charge in [0.15, 0.2) is 6.04 Å². The number of aryl methyl sites for hydroxylation is 2. The summed E-state index contributed by atoms with van der Waals surface area (Å²) in [6, 6.07) is 6.30. The number of aromatic nitrogens is 2. The van der Waals surface area contributed by atoms with Gasteiger partial charge >= 0.3 is 0 Å². The van der Waals surface area contributed by atoms with Gasteiger partial charge in [0.1, 0.15) is 5.82 Å². The van der Waals surface area contributed by atoms with Crippen LogP contribution in [0.3, 0.4) is 0 Å². The van der Waals surface area contributed by atoms with Crippen LogP contribution in [0.1, 0.15) is 30.6 Å². The summed E-state index contributed by atoms with van der Waals surface area (Å²) in [5.74, 6) is -0.314. The fourth-order valence-corrected chi connectivity index (χ4v) is 2.16. The number of hydrogen-bond donors (Lipinski definition) is 1. The van der Waals surface area contributed by atoms with Gasteiger partial charge < -0.3 is 9.88 Å². The van der Waals surface area contributed by atoms with E-state index in [0.717, 1.165) is 24.2 Å². The molecule has 0 spiro atoms. The topological polar surface area (TPSA) is 53.6 Å². The Hall–Kier alpha value is -2.35. The summed E-state index contributed by atoms with van der Waals surface area (Å²) >= 11 is 0. The Morgan fingerprint density at radius 2 is 2.25 bits per heavy atom. The van der Waals surface area contributed by atoms with Crippen LogP contribution in [0.25, 0.3) is 0 Å². The van der Waals surface area contributed by atoms with Crippen LogP contribution in [-0.4, -0.2) is 9.55 Å². The Labute approximate surface area is 117 Å². The maximum atomic E-state index is 13.4. The fourth-order valence-electron chi connectivity index (χ4n) is 2.16. The van der Waals surface area contributed by atoms with Gasteiger partial charge in [-0.15, -0.1) is 0 Å². The maximum Gasteiger partial charge on any atom is 0.156 e. The minimum atomic E-state index is -0.551. The lowest BCUT2D eigenvalue weighted by Crippen LogP contribution is -2.14. The van der Waals surface area contributed by atoms with E-state index < -0.39 is 6.04 Å². The Bertz CT molecular complexity index is 607. The number of hydrogen-bond acceptors (Lipinski definition) is 3. The van der Waals surface area contributed by atoms with Gasteiger partial charge in [-0.05, 0) is 37.1 Å². The van der Waals surface area contributed by atoms with Crippen LogP contribution in [0.4, 0.5) is 10.1 Å². The third-order valence-electron chi connectivity index (χ3n) is 2.99. The molecule has 1 heterocycles. The quantitative estimate of drug-likeness (QED) is 0.907. The first kappa shape index (κ1) is 14.1. The third-order valence-corrected chi connectivity index (χ3v) is 2.99. The van der Waals surface area contributed by atoms with Crippen LogP contribution in [0.2, 0.25) is 0 Å². The van der Waals surface area contributed by atoms with Crippen molar-refractivity contribution in [1.29, 1.82) is 5.26 Å². The molecule has 0 amide bonds. The first-order valence-electron chi connectivity index (χ1n) is 6.57. The van der Waals surface area contributed by atoms with Crippen molar-refractivity contribution in [2.45, 2.75) is 32.9 Å². The van der Waals surface area contributed by atoms with E-state index in [0.29, 0.717) is 5.69 Å². The minimum Gasteiger partial charge on any atom is -0.365 e. The second-order valence-corrected chi connectivity index (χ2v) is 4.74. The lowest BCUT2D eigenvalue weighted by Gasteiger charge is -2.15. The molecule has 0 saturated heterocycles. The monoisotopic (exact) mass is 272 g/mol. The molecule has 0 aliphatic rings. The highest BCUT2D eigenvalue weighted by Gasteiger charge is 2.15. The van der Waals surface area contributed by atoms with Crippen molar-refractivity contribution in [3.8, 4) is 6.07 Å². The highest BCUT2D eigenvalue weighted by molar-refractivity contribution is 5.49. The predicted molar refractivity (Wildman–Crippen MR) is 75.6 cm³/mol. The summed E-state index contributed by atoms with van der Waals surface area (Å²) in [4.78, 5) is 4.08. The van der Waals surface area contributed by atoms with Gasteiger partial charge in [0, 0.05) is 12.2 Å². The summed E-state index contributed by atoms with van der Waals surface area (Å²) in [5.41, 5.74) is 2.20. The second-order valence-electron chi connectivity index (χ2n) is 4.74. The summed E-state index contributed by atoms with van der Waals surface area (Å²) in [6.45, 7) is 4.68. The van der Waals surface area contributed by atoms with Gasteiger partial charge in [-0.25, -0.2) is 9.37 Å². The molecule has 0 bridgehead atoms. The third kappa shape index (κ3) is 3.15. The summed E-state index contributed by atoms with van der Waals surface area (Å²) < 4.78 is 15.3. The zero-order valence-electron chi connectivity index (χ0n) is 11.6. The molecule has 0 aliphatic carbocycles. The van der Waals surface area contributed by atoms with Crippen LogP contribution < -0.4 is 5.32 Å². The molecule has 0 aliphatic heterocycles. The van der Waals surface area contributed by atoms with Crippen molar-refractivity contribution in [1.82, 2.24) is 9.55 Å². The van der Waals surface area contributed by atoms with Gasteiger partial charge in [-0.1, -0.05) is 6.92 Å². The summed E-state index contributed by atoms with van der Waals surface area (Å²) in [7, 11) is 0. The molecule has 104 valence electrons. The van der Waals surface area contributed by atoms with E-state index in [2.05, 4.69) is 23.3 Å². The van der Waals surface area contributed by atoms with Gasteiger partial charge in [0.25, 0.3) is 0 Å². The molecular formula is C15H17FN4. The van der Waals surface area contributed by atoms with Crippen LogP contribution in [-0.2, 0) is 6.54 Å². The zero-order chi connectivity index (χ0) is 14.5. The predicted octanol–water partition coefficient (Wildman–Crippen LogP) is 3.42. The van der Waals surface area contributed by atoms with Crippen LogP contribution in [0.5, 0.6) is 0 Å². The van der Waals surface area contributed by atoms with Crippen molar-refractivity contribution in [3.05, 3.63) is 47.8 Å². The Morgan fingerprint density at radius 1 is 1.45 bits per heavy atom. The zero-order valence-corrected chi connectivity index (χ0v) is 11.6. The maximum absolute atomic E-state index is 13.4. The number of anilines is 1. The average molecular weight is 272 g/mol. The Balaban J connectivity index is 2.25. The number of nitriles is 1. The number of rotatable bonds is 5. The Kier molecular flexibility index (Phi) is 4.36. The van der Waals surface area contributed by atoms with Crippen molar-refractivity contribution in [2.24, 2.45) is 0 Å². The van der Waals surface area contributed by atoms with Gasteiger partial charge in [-0.2, -0.15) is 5.26 Å². The van der Waals surface area contributed by atoms with Crippen molar-refractivity contribution in [2.75, 3.05) is 5.32 Å². The molecule has 20 heavy (non-hydrogen) atoms. The van der Waals surface area contributed by atoms with Crippen molar-refractivity contribution < 1.29 is 4.39 Å². The number of nitrogens with zero attached hydrogens (tertiary/aromatic N) is 3. The lowest BCUT2D eigenvalue weighted by atomic mass is 10.1.